The van der Waals surface area contributed by atoms with E-state index in [2.05, 4.69) is 19.6 Å². The van der Waals surface area contributed by atoms with Crippen LogP contribution >= 0.6 is 0 Å². The molecule has 0 aromatic rings. The van der Waals surface area contributed by atoms with E-state index in [4.69, 9.17) is 9.47 Å². The van der Waals surface area contributed by atoms with Crippen molar-refractivity contribution in [3.63, 3.8) is 0 Å². The van der Waals surface area contributed by atoms with E-state index in [-0.39, 0.29) is 41.5 Å². The molecule has 0 saturated heterocycles. The standard InChI is InChI=1S/C24H34O5/c1-13(2)10-22(27)24(29-18(7)26)16(5)20-12-23(28-17(6)25)15(4)19-9-8-14(3)11-21(19)20/h10-11,15-16,19-20,23-24H,3,8-9,12H2,1-2,4-7H3/t15-,16-,19-,20-,23+,24?/m0/s1. The van der Waals surface area contributed by atoms with Crippen molar-refractivity contribution < 1.29 is 23.9 Å². The maximum absolute atomic E-state index is 12.8. The third-order valence-corrected chi connectivity index (χ3v) is 6.14. The zero-order chi connectivity index (χ0) is 21.9. The van der Waals surface area contributed by atoms with Crippen LogP contribution in [0.3, 0.4) is 0 Å². The Hall–Kier alpha value is -2.17. The molecule has 160 valence electrons. The highest BCUT2D eigenvalue weighted by Gasteiger charge is 2.46. The smallest absolute Gasteiger partial charge is 0.303 e. The molecule has 1 unspecified atom stereocenters. The molecule has 0 aliphatic heterocycles. The van der Waals surface area contributed by atoms with E-state index in [9.17, 15) is 14.4 Å². The molecule has 0 radical (unpaired) electrons. The number of ether oxygens (including phenoxy) is 2. The van der Waals surface area contributed by atoms with Crippen LogP contribution in [-0.4, -0.2) is 29.9 Å². The van der Waals surface area contributed by atoms with Crippen molar-refractivity contribution in [1.82, 2.24) is 0 Å². The van der Waals surface area contributed by atoms with E-state index in [1.54, 1.807) is 0 Å². The van der Waals surface area contributed by atoms with Gasteiger partial charge in [0, 0.05) is 19.8 Å². The van der Waals surface area contributed by atoms with Crippen LogP contribution in [0.2, 0.25) is 0 Å². The Kier molecular flexibility index (Phi) is 7.61. The normalized spacial score (nSPS) is 28.3. The average molecular weight is 403 g/mol. The average Bonchev–Trinajstić information content (AvgIpc) is 2.60. The van der Waals surface area contributed by atoms with Gasteiger partial charge in [-0.05, 0) is 56.9 Å². The van der Waals surface area contributed by atoms with E-state index in [1.165, 1.54) is 25.5 Å². The van der Waals surface area contributed by atoms with E-state index in [0.717, 1.165) is 24.0 Å². The fraction of sp³-hybridized carbons (Fsp3) is 0.625. The number of hydrogen-bond acceptors (Lipinski definition) is 5. The summed E-state index contributed by atoms with van der Waals surface area (Å²) in [6, 6.07) is 0. The Balaban J connectivity index is 2.42. The number of esters is 2. The summed E-state index contributed by atoms with van der Waals surface area (Å²) in [6.45, 7) is 14.6. The SMILES string of the molecule is C=C1C=C2[C@@H](CC1)[C@H](C)[C@H](OC(C)=O)C[C@H]2[C@H](C)C(OC(C)=O)C(=O)C=C(C)C. The Labute approximate surface area is 174 Å². The fourth-order valence-electron chi connectivity index (χ4n) is 4.80. The lowest BCUT2D eigenvalue weighted by molar-refractivity contribution is -0.158. The third kappa shape index (κ3) is 5.68. The molecule has 0 heterocycles. The molecule has 5 nitrogen and oxygen atoms in total. The van der Waals surface area contributed by atoms with E-state index >= 15 is 0 Å². The largest absolute Gasteiger partial charge is 0.462 e. The van der Waals surface area contributed by atoms with Crippen molar-refractivity contribution in [2.75, 3.05) is 0 Å². The molecule has 2 aliphatic rings. The molecule has 5 heteroatoms. The van der Waals surface area contributed by atoms with Gasteiger partial charge in [-0.1, -0.05) is 43.2 Å². The van der Waals surface area contributed by atoms with Gasteiger partial charge >= 0.3 is 11.9 Å². The molecular formula is C24H34O5. The van der Waals surface area contributed by atoms with Crippen molar-refractivity contribution >= 4 is 17.7 Å². The topological polar surface area (TPSA) is 69.7 Å². The highest BCUT2D eigenvalue weighted by molar-refractivity contribution is 5.95. The minimum atomic E-state index is -0.865. The van der Waals surface area contributed by atoms with Gasteiger partial charge in [0.15, 0.2) is 11.9 Å². The quantitative estimate of drug-likeness (QED) is 0.481. The second-order valence-corrected chi connectivity index (χ2v) is 8.81. The summed E-state index contributed by atoms with van der Waals surface area (Å²) in [7, 11) is 0. The Morgan fingerprint density at radius 2 is 1.83 bits per heavy atom. The molecule has 0 bridgehead atoms. The molecule has 0 aromatic carbocycles. The lowest BCUT2D eigenvalue weighted by Gasteiger charge is -2.46. The van der Waals surface area contributed by atoms with Crippen LogP contribution in [0.4, 0.5) is 0 Å². The maximum Gasteiger partial charge on any atom is 0.303 e. The van der Waals surface area contributed by atoms with Crippen LogP contribution in [0.5, 0.6) is 0 Å². The first-order valence-electron chi connectivity index (χ1n) is 10.4. The Morgan fingerprint density at radius 1 is 1.17 bits per heavy atom. The fourth-order valence-corrected chi connectivity index (χ4v) is 4.80. The first-order valence-corrected chi connectivity index (χ1v) is 10.4. The predicted octanol–water partition coefficient (Wildman–Crippen LogP) is 4.57. The summed E-state index contributed by atoms with van der Waals surface area (Å²) in [5.41, 5.74) is 3.18. The van der Waals surface area contributed by atoms with Crippen LogP contribution in [0, 0.1) is 23.7 Å². The second-order valence-electron chi connectivity index (χ2n) is 8.81. The zero-order valence-electron chi connectivity index (χ0n) is 18.5. The summed E-state index contributed by atoms with van der Waals surface area (Å²) in [5, 5.41) is 0. The summed E-state index contributed by atoms with van der Waals surface area (Å²) in [4.78, 5) is 36.3. The van der Waals surface area contributed by atoms with E-state index in [1.807, 2.05) is 20.8 Å². The van der Waals surface area contributed by atoms with Crippen LogP contribution in [0.25, 0.3) is 0 Å². The van der Waals surface area contributed by atoms with Gasteiger partial charge in [0.2, 0.25) is 0 Å². The first kappa shape index (κ1) is 23.1. The Bertz CT molecular complexity index is 740. The first-order chi connectivity index (χ1) is 13.5. The minimum absolute atomic E-state index is 0.0311. The van der Waals surface area contributed by atoms with Crippen LogP contribution in [0.1, 0.15) is 60.8 Å². The van der Waals surface area contributed by atoms with Crippen molar-refractivity contribution in [1.29, 1.82) is 0 Å². The van der Waals surface area contributed by atoms with Gasteiger partial charge in [-0.2, -0.15) is 0 Å². The van der Waals surface area contributed by atoms with Crippen LogP contribution < -0.4 is 0 Å². The minimum Gasteiger partial charge on any atom is -0.462 e. The summed E-state index contributed by atoms with van der Waals surface area (Å²) in [6.07, 6.45) is 5.07. The number of fused-ring (bicyclic) bond motifs is 1. The van der Waals surface area contributed by atoms with E-state index < -0.39 is 12.1 Å². The van der Waals surface area contributed by atoms with E-state index in [0.29, 0.717) is 6.42 Å². The van der Waals surface area contributed by atoms with Crippen LogP contribution in [0.15, 0.2) is 35.5 Å². The number of carbonyl (C=O) groups excluding carboxylic acids is 3. The van der Waals surface area contributed by atoms with Crippen molar-refractivity contribution in [2.45, 2.75) is 73.0 Å². The van der Waals surface area contributed by atoms with Gasteiger partial charge in [-0.15, -0.1) is 0 Å². The monoisotopic (exact) mass is 402 g/mol. The van der Waals surface area contributed by atoms with Crippen molar-refractivity contribution in [3.05, 3.63) is 35.5 Å². The van der Waals surface area contributed by atoms with Crippen molar-refractivity contribution in [3.8, 4) is 0 Å². The number of allylic oxidation sites excluding steroid dienone is 4. The number of carbonyl (C=O) groups is 3. The molecule has 1 fully saturated rings. The number of rotatable bonds is 6. The van der Waals surface area contributed by atoms with Gasteiger partial charge < -0.3 is 9.47 Å². The van der Waals surface area contributed by atoms with Gasteiger partial charge in [0.25, 0.3) is 0 Å². The van der Waals surface area contributed by atoms with Gasteiger partial charge in [-0.3, -0.25) is 14.4 Å². The zero-order valence-corrected chi connectivity index (χ0v) is 18.5. The molecule has 2 aliphatic carbocycles. The highest BCUT2D eigenvalue weighted by Crippen LogP contribution is 2.48. The second kappa shape index (κ2) is 9.55. The van der Waals surface area contributed by atoms with Crippen molar-refractivity contribution in [2.24, 2.45) is 23.7 Å². The molecule has 29 heavy (non-hydrogen) atoms. The number of hydrogen-bond donors (Lipinski definition) is 0. The Morgan fingerprint density at radius 3 is 2.38 bits per heavy atom. The molecular weight excluding hydrogens is 368 g/mol. The van der Waals surface area contributed by atoms with Gasteiger partial charge in [-0.25, -0.2) is 0 Å². The lowest BCUT2D eigenvalue weighted by atomic mass is 9.61. The summed E-state index contributed by atoms with van der Waals surface area (Å²) >= 11 is 0. The highest BCUT2D eigenvalue weighted by atomic mass is 16.5. The molecule has 0 aromatic heterocycles. The van der Waals surface area contributed by atoms with Gasteiger partial charge in [0.05, 0.1) is 0 Å². The summed E-state index contributed by atoms with van der Waals surface area (Å²) in [5.74, 6) is -0.787. The molecule has 6 atom stereocenters. The molecule has 1 saturated carbocycles. The summed E-state index contributed by atoms with van der Waals surface area (Å²) < 4.78 is 11.1. The third-order valence-electron chi connectivity index (χ3n) is 6.14. The predicted molar refractivity (Wildman–Crippen MR) is 112 cm³/mol. The maximum atomic E-state index is 12.8. The van der Waals surface area contributed by atoms with Gasteiger partial charge in [0.1, 0.15) is 6.10 Å². The lowest BCUT2D eigenvalue weighted by Crippen LogP contribution is -2.46. The molecule has 0 spiro atoms. The van der Waals surface area contributed by atoms with Crippen LogP contribution in [-0.2, 0) is 23.9 Å². The molecule has 2 rings (SSSR count). The molecule has 0 amide bonds. The number of ketones is 1. The molecule has 0 N–H and O–H groups in total.